The van der Waals surface area contributed by atoms with Gasteiger partial charge in [0.15, 0.2) is 0 Å². The van der Waals surface area contributed by atoms with Gasteiger partial charge in [0.1, 0.15) is 11.5 Å². The van der Waals surface area contributed by atoms with Crippen LogP contribution in [0.5, 0.6) is 0 Å². The number of amides is 2. The van der Waals surface area contributed by atoms with E-state index in [0.717, 1.165) is 35.5 Å². The lowest BCUT2D eigenvalue weighted by Gasteiger charge is -2.17. The van der Waals surface area contributed by atoms with E-state index in [2.05, 4.69) is 20.3 Å². The zero-order chi connectivity index (χ0) is 22.5. The summed E-state index contributed by atoms with van der Waals surface area (Å²) in [5.41, 5.74) is 1.15. The summed E-state index contributed by atoms with van der Waals surface area (Å²) in [6, 6.07) is 9.45. The summed E-state index contributed by atoms with van der Waals surface area (Å²) in [7, 11) is 0. The Kier molecular flexibility index (Phi) is 4.87. The summed E-state index contributed by atoms with van der Waals surface area (Å²) in [5, 5.41) is 2.88. The smallest absolute Gasteiger partial charge is 0.351 e. The Morgan fingerprint density at radius 2 is 2.03 bits per heavy atom. The summed E-state index contributed by atoms with van der Waals surface area (Å²) in [4.78, 5) is 37.5. The zero-order valence-electron chi connectivity index (χ0n) is 16.9. The number of alkyl halides is 3. The second-order valence-corrected chi connectivity index (χ2v) is 8.32. The first-order valence-electron chi connectivity index (χ1n) is 10.4. The van der Waals surface area contributed by atoms with Crippen LogP contribution in [0.1, 0.15) is 36.7 Å². The van der Waals surface area contributed by atoms with Gasteiger partial charge in [-0.1, -0.05) is 12.1 Å². The molecule has 3 heterocycles. The zero-order valence-corrected chi connectivity index (χ0v) is 16.9. The lowest BCUT2D eigenvalue weighted by Crippen LogP contribution is -2.37. The number of nitrogens with one attached hydrogen (secondary N) is 2. The third kappa shape index (κ3) is 4.04. The molecule has 1 aromatic carbocycles. The Bertz CT molecular complexity index is 1140. The first-order valence-corrected chi connectivity index (χ1v) is 10.4. The monoisotopic (exact) mass is 443 g/mol. The minimum Gasteiger partial charge on any atom is -0.351 e. The van der Waals surface area contributed by atoms with Crippen LogP contribution in [-0.4, -0.2) is 39.4 Å². The molecule has 3 aromatic rings. The Labute approximate surface area is 181 Å². The summed E-state index contributed by atoms with van der Waals surface area (Å²) in [6.07, 6.45) is -2.18. The van der Waals surface area contributed by atoms with Crippen molar-refractivity contribution in [1.82, 2.24) is 20.3 Å². The second-order valence-electron chi connectivity index (χ2n) is 8.32. The average Bonchev–Trinajstić information content (AvgIpc) is 3.20. The molecule has 1 aliphatic heterocycles. The predicted molar refractivity (Wildman–Crippen MR) is 110 cm³/mol. The van der Waals surface area contributed by atoms with Crippen LogP contribution in [0.25, 0.3) is 11.0 Å². The van der Waals surface area contributed by atoms with Crippen LogP contribution in [-0.2, 0) is 15.8 Å². The van der Waals surface area contributed by atoms with Crippen LogP contribution < -0.4 is 10.2 Å². The van der Waals surface area contributed by atoms with Gasteiger partial charge in [-0.25, -0.2) is 9.97 Å². The van der Waals surface area contributed by atoms with E-state index in [1.54, 1.807) is 0 Å². The first kappa shape index (κ1) is 20.5. The Morgan fingerprint density at radius 3 is 2.75 bits per heavy atom. The molecule has 0 spiro atoms. The molecule has 32 heavy (non-hydrogen) atoms. The Balaban J connectivity index is 1.15. The lowest BCUT2D eigenvalue weighted by atomic mass is 10.2. The van der Waals surface area contributed by atoms with E-state index < -0.39 is 11.9 Å². The highest BCUT2D eigenvalue weighted by atomic mass is 19.4. The van der Waals surface area contributed by atoms with Crippen LogP contribution in [0.15, 0.2) is 42.6 Å². The van der Waals surface area contributed by atoms with Crippen molar-refractivity contribution in [2.45, 2.75) is 37.4 Å². The number of fused-ring (bicyclic) bond motifs is 1. The number of hydrogen-bond donors (Lipinski definition) is 2. The molecular formula is C22H20F3N5O2. The highest BCUT2D eigenvalue weighted by Gasteiger charge is 2.42. The number of carbonyl (C=O) groups is 2. The van der Waals surface area contributed by atoms with Crippen molar-refractivity contribution in [2.75, 3.05) is 11.4 Å². The van der Waals surface area contributed by atoms with Gasteiger partial charge in [-0.15, -0.1) is 0 Å². The fraction of sp³-hybridized carbons (Fsp3) is 0.364. The van der Waals surface area contributed by atoms with Gasteiger partial charge in [0.25, 0.3) is 0 Å². The molecule has 1 saturated carbocycles. The SMILES string of the molecule is O=C(C[C@@H]1C[C@@H]1c1nc2ccccc2[nH]1)N[C@@H]1CC(=O)N(c2ccc(C(F)(F)F)nc2)C1. The summed E-state index contributed by atoms with van der Waals surface area (Å²) >= 11 is 0. The number of rotatable bonds is 5. The summed E-state index contributed by atoms with van der Waals surface area (Å²) in [6.45, 7) is 0.204. The van der Waals surface area contributed by atoms with Crippen molar-refractivity contribution < 1.29 is 22.8 Å². The third-order valence-electron chi connectivity index (χ3n) is 5.97. The average molecular weight is 443 g/mol. The molecule has 2 aliphatic rings. The van der Waals surface area contributed by atoms with Gasteiger partial charge < -0.3 is 15.2 Å². The minimum atomic E-state index is -4.53. The molecule has 1 saturated heterocycles. The number of anilines is 1. The molecule has 3 atom stereocenters. The maximum atomic E-state index is 12.7. The van der Waals surface area contributed by atoms with E-state index in [4.69, 9.17) is 0 Å². The van der Waals surface area contributed by atoms with E-state index >= 15 is 0 Å². The lowest BCUT2D eigenvalue weighted by molar-refractivity contribution is -0.141. The van der Waals surface area contributed by atoms with Gasteiger partial charge >= 0.3 is 6.18 Å². The van der Waals surface area contributed by atoms with Gasteiger partial charge in [0.05, 0.1) is 29.0 Å². The molecule has 166 valence electrons. The van der Waals surface area contributed by atoms with E-state index in [1.807, 2.05) is 24.3 Å². The molecule has 0 bridgehead atoms. The van der Waals surface area contributed by atoms with E-state index in [9.17, 15) is 22.8 Å². The van der Waals surface area contributed by atoms with Crippen LogP contribution in [0.2, 0.25) is 0 Å². The number of aromatic nitrogens is 3. The van der Waals surface area contributed by atoms with Gasteiger partial charge in [0.2, 0.25) is 11.8 Å². The fourth-order valence-corrected chi connectivity index (χ4v) is 4.25. The minimum absolute atomic E-state index is 0.102. The summed E-state index contributed by atoms with van der Waals surface area (Å²) in [5.74, 6) is 0.902. The number of benzene rings is 1. The molecule has 2 aromatic heterocycles. The van der Waals surface area contributed by atoms with E-state index in [-0.39, 0.29) is 48.3 Å². The Morgan fingerprint density at radius 1 is 1.22 bits per heavy atom. The highest BCUT2D eigenvalue weighted by molar-refractivity contribution is 5.96. The quantitative estimate of drug-likeness (QED) is 0.633. The maximum absolute atomic E-state index is 12.7. The van der Waals surface area contributed by atoms with Crippen molar-refractivity contribution in [1.29, 1.82) is 0 Å². The molecule has 10 heteroatoms. The number of halogens is 3. The molecule has 2 fully saturated rings. The summed E-state index contributed by atoms with van der Waals surface area (Å²) < 4.78 is 38.0. The van der Waals surface area contributed by atoms with Crippen LogP contribution >= 0.6 is 0 Å². The standard InChI is InChI=1S/C22H20F3N5O2/c23-22(24,25)18-6-5-14(10-26-18)30-11-13(9-20(30)32)27-19(31)8-12-7-15(12)21-28-16-3-1-2-4-17(16)29-21/h1-6,10,12-13,15H,7-9,11H2,(H,27,31)(H,28,29)/t12-,13+,15-/m0/s1. The number of pyridine rings is 1. The molecule has 1 aliphatic carbocycles. The molecule has 7 nitrogen and oxygen atoms in total. The topological polar surface area (TPSA) is 91.0 Å². The number of imidazole rings is 1. The molecule has 0 radical (unpaired) electrons. The third-order valence-corrected chi connectivity index (χ3v) is 5.97. The van der Waals surface area contributed by atoms with Gasteiger partial charge in [-0.2, -0.15) is 13.2 Å². The van der Waals surface area contributed by atoms with Crippen molar-refractivity contribution in [2.24, 2.45) is 5.92 Å². The molecular weight excluding hydrogens is 423 g/mol. The number of nitrogens with zero attached hydrogens (tertiary/aromatic N) is 3. The highest BCUT2D eigenvalue weighted by Crippen LogP contribution is 2.48. The molecule has 0 unspecified atom stereocenters. The number of hydrogen-bond acceptors (Lipinski definition) is 4. The number of H-pyrrole nitrogens is 1. The first-order chi connectivity index (χ1) is 15.3. The van der Waals surface area contributed by atoms with Crippen molar-refractivity contribution in [3.8, 4) is 0 Å². The van der Waals surface area contributed by atoms with E-state index in [0.29, 0.717) is 6.42 Å². The van der Waals surface area contributed by atoms with Crippen LogP contribution in [0.3, 0.4) is 0 Å². The maximum Gasteiger partial charge on any atom is 0.433 e. The number of aromatic amines is 1. The molecule has 2 N–H and O–H groups in total. The van der Waals surface area contributed by atoms with E-state index in [1.165, 1.54) is 11.0 Å². The van der Waals surface area contributed by atoms with Crippen molar-refractivity contribution in [3.05, 3.63) is 54.1 Å². The Hall–Kier alpha value is -3.43. The number of carbonyl (C=O) groups excluding carboxylic acids is 2. The molecule has 5 rings (SSSR count). The second kappa shape index (κ2) is 7.61. The van der Waals surface area contributed by atoms with Crippen LogP contribution in [0.4, 0.5) is 18.9 Å². The normalized spacial score (nSPS) is 23.0. The van der Waals surface area contributed by atoms with Gasteiger partial charge in [-0.3, -0.25) is 9.59 Å². The van der Waals surface area contributed by atoms with Crippen molar-refractivity contribution in [3.63, 3.8) is 0 Å². The molecule has 2 amide bonds. The van der Waals surface area contributed by atoms with Gasteiger partial charge in [-0.05, 0) is 36.6 Å². The fourth-order valence-electron chi connectivity index (χ4n) is 4.25. The van der Waals surface area contributed by atoms with Crippen molar-refractivity contribution >= 4 is 28.5 Å². The number of para-hydroxylation sites is 2. The largest absolute Gasteiger partial charge is 0.433 e. The van der Waals surface area contributed by atoms with Crippen LogP contribution in [0, 0.1) is 5.92 Å². The van der Waals surface area contributed by atoms with Gasteiger partial charge in [0, 0.05) is 25.3 Å². The predicted octanol–water partition coefficient (Wildman–Crippen LogP) is 3.39.